The number of aromatic nitrogens is 1. The lowest BCUT2D eigenvalue weighted by atomic mass is 10.1. The number of pyridine rings is 1. The molecular formula is C20H29N5O2. The molecule has 2 fully saturated rings. The summed E-state index contributed by atoms with van der Waals surface area (Å²) in [4.78, 5) is 34.5. The Balaban J connectivity index is 1.41. The van der Waals surface area contributed by atoms with Gasteiger partial charge >= 0.3 is 0 Å². The van der Waals surface area contributed by atoms with Crippen molar-refractivity contribution in [2.45, 2.75) is 26.3 Å². The molecule has 0 aromatic carbocycles. The van der Waals surface area contributed by atoms with Crippen molar-refractivity contribution in [2.75, 3.05) is 51.1 Å². The molecule has 0 spiro atoms. The van der Waals surface area contributed by atoms with E-state index in [9.17, 15) is 9.59 Å². The van der Waals surface area contributed by atoms with E-state index in [1.807, 2.05) is 17.2 Å². The Morgan fingerprint density at radius 3 is 2.59 bits per heavy atom. The van der Waals surface area contributed by atoms with Crippen LogP contribution in [0, 0.1) is 6.92 Å². The van der Waals surface area contributed by atoms with Crippen LogP contribution in [0.25, 0.3) is 0 Å². The van der Waals surface area contributed by atoms with Gasteiger partial charge in [0.1, 0.15) is 5.82 Å². The Kier molecular flexibility index (Phi) is 6.11. The molecule has 3 rings (SSSR count). The molecule has 0 radical (unpaired) electrons. The summed E-state index contributed by atoms with van der Waals surface area (Å²) in [6.45, 7) is 12.7. The molecular weight excluding hydrogens is 342 g/mol. The highest BCUT2D eigenvalue weighted by molar-refractivity contribution is 5.87. The predicted octanol–water partition coefficient (Wildman–Crippen LogP) is 0.905. The quantitative estimate of drug-likeness (QED) is 0.753. The second-order valence-corrected chi connectivity index (χ2v) is 7.22. The molecule has 2 aliphatic heterocycles. The number of anilines is 1. The first-order valence-electron chi connectivity index (χ1n) is 9.64. The highest BCUT2D eigenvalue weighted by Crippen LogP contribution is 2.17. The SMILES string of the molecule is C=CC(=O)N1CC(N2CCN(C(=O)CNc3cc(CC)c(C)cn3)CC2)C1. The van der Waals surface area contributed by atoms with Crippen molar-refractivity contribution in [1.82, 2.24) is 19.7 Å². The van der Waals surface area contributed by atoms with E-state index in [0.29, 0.717) is 6.04 Å². The Bertz CT molecular complexity index is 706. The molecule has 146 valence electrons. The van der Waals surface area contributed by atoms with Crippen molar-refractivity contribution in [3.05, 3.63) is 36.0 Å². The number of nitrogens with zero attached hydrogens (tertiary/aromatic N) is 4. The number of amides is 2. The molecule has 0 atom stereocenters. The number of carbonyl (C=O) groups excluding carboxylic acids is 2. The molecule has 0 saturated carbocycles. The number of likely N-dealkylation sites (tertiary alicyclic amines) is 1. The number of carbonyl (C=O) groups is 2. The van der Waals surface area contributed by atoms with Gasteiger partial charge < -0.3 is 15.1 Å². The third kappa shape index (κ3) is 4.47. The van der Waals surface area contributed by atoms with Crippen LogP contribution in [0.4, 0.5) is 5.82 Å². The largest absolute Gasteiger partial charge is 0.361 e. The molecule has 2 aliphatic rings. The van der Waals surface area contributed by atoms with Crippen molar-refractivity contribution in [1.29, 1.82) is 0 Å². The van der Waals surface area contributed by atoms with E-state index in [4.69, 9.17) is 0 Å². The average Bonchev–Trinajstić information content (AvgIpc) is 2.66. The monoisotopic (exact) mass is 371 g/mol. The van der Waals surface area contributed by atoms with Crippen molar-refractivity contribution >= 4 is 17.6 Å². The molecule has 0 bridgehead atoms. The molecule has 2 amide bonds. The van der Waals surface area contributed by atoms with E-state index in [-0.39, 0.29) is 18.4 Å². The van der Waals surface area contributed by atoms with Crippen LogP contribution in [0.3, 0.4) is 0 Å². The molecule has 1 aromatic rings. The Hall–Kier alpha value is -2.41. The number of aryl methyl sites for hydroxylation is 2. The second-order valence-electron chi connectivity index (χ2n) is 7.22. The lowest BCUT2D eigenvalue weighted by Crippen LogP contribution is -2.64. The third-order valence-electron chi connectivity index (χ3n) is 5.55. The number of hydrogen-bond acceptors (Lipinski definition) is 5. The van der Waals surface area contributed by atoms with Crippen LogP contribution in [0.5, 0.6) is 0 Å². The fourth-order valence-electron chi connectivity index (χ4n) is 3.65. The summed E-state index contributed by atoms with van der Waals surface area (Å²) in [6.07, 6.45) is 4.17. The van der Waals surface area contributed by atoms with E-state index in [0.717, 1.165) is 51.5 Å². The standard InChI is InChI=1S/C20H29N5O2/c1-4-16-10-18(21-11-15(16)3)22-12-20(27)24-8-6-23(7-9-24)17-13-25(14-17)19(26)5-2/h5,10-11,17H,2,4,6-9,12-14H2,1,3H3,(H,21,22). The van der Waals surface area contributed by atoms with Gasteiger partial charge in [-0.25, -0.2) is 4.98 Å². The first kappa shape index (κ1) is 19.4. The summed E-state index contributed by atoms with van der Waals surface area (Å²) >= 11 is 0. The average molecular weight is 371 g/mol. The molecule has 1 N–H and O–H groups in total. The summed E-state index contributed by atoms with van der Waals surface area (Å²) in [5, 5.41) is 3.16. The topological polar surface area (TPSA) is 68.8 Å². The van der Waals surface area contributed by atoms with Crippen LogP contribution >= 0.6 is 0 Å². The van der Waals surface area contributed by atoms with Gasteiger partial charge in [0.25, 0.3) is 0 Å². The lowest BCUT2D eigenvalue weighted by molar-refractivity contribution is -0.135. The van der Waals surface area contributed by atoms with Crippen LogP contribution in [0.15, 0.2) is 24.9 Å². The summed E-state index contributed by atoms with van der Waals surface area (Å²) in [7, 11) is 0. The maximum Gasteiger partial charge on any atom is 0.246 e. The number of hydrogen-bond donors (Lipinski definition) is 1. The molecule has 7 heteroatoms. The molecule has 0 aliphatic carbocycles. The Morgan fingerprint density at radius 2 is 1.96 bits per heavy atom. The molecule has 0 unspecified atom stereocenters. The van der Waals surface area contributed by atoms with E-state index in [1.54, 1.807) is 4.90 Å². The van der Waals surface area contributed by atoms with Gasteiger partial charge in [-0.1, -0.05) is 13.5 Å². The van der Waals surface area contributed by atoms with Crippen LogP contribution in [0.2, 0.25) is 0 Å². The van der Waals surface area contributed by atoms with Crippen LogP contribution in [0.1, 0.15) is 18.1 Å². The van der Waals surface area contributed by atoms with Gasteiger partial charge in [0.2, 0.25) is 11.8 Å². The zero-order valence-electron chi connectivity index (χ0n) is 16.3. The summed E-state index contributed by atoms with van der Waals surface area (Å²) < 4.78 is 0. The van der Waals surface area contributed by atoms with E-state index >= 15 is 0 Å². The van der Waals surface area contributed by atoms with Crippen LogP contribution < -0.4 is 5.32 Å². The summed E-state index contributed by atoms with van der Waals surface area (Å²) in [6, 6.07) is 2.43. The van der Waals surface area contributed by atoms with E-state index < -0.39 is 0 Å². The maximum absolute atomic E-state index is 12.5. The normalized spacial score (nSPS) is 18.1. The molecule has 2 saturated heterocycles. The molecule has 7 nitrogen and oxygen atoms in total. The van der Waals surface area contributed by atoms with Gasteiger partial charge in [0.15, 0.2) is 0 Å². The van der Waals surface area contributed by atoms with E-state index in [1.165, 1.54) is 17.2 Å². The van der Waals surface area contributed by atoms with Crippen LogP contribution in [-0.2, 0) is 16.0 Å². The highest BCUT2D eigenvalue weighted by atomic mass is 16.2. The minimum absolute atomic E-state index is 0.00193. The predicted molar refractivity (Wildman–Crippen MR) is 106 cm³/mol. The summed E-state index contributed by atoms with van der Waals surface area (Å²) in [5.74, 6) is 0.861. The third-order valence-corrected chi connectivity index (χ3v) is 5.55. The number of rotatable bonds is 6. The highest BCUT2D eigenvalue weighted by Gasteiger charge is 2.35. The summed E-state index contributed by atoms with van der Waals surface area (Å²) in [5.41, 5.74) is 2.42. The number of nitrogens with one attached hydrogen (secondary N) is 1. The first-order valence-corrected chi connectivity index (χ1v) is 9.64. The van der Waals surface area contributed by atoms with Gasteiger partial charge in [-0.2, -0.15) is 0 Å². The maximum atomic E-state index is 12.5. The lowest BCUT2D eigenvalue weighted by Gasteiger charge is -2.47. The van der Waals surface area contributed by atoms with Crippen molar-refractivity contribution in [2.24, 2.45) is 0 Å². The first-order chi connectivity index (χ1) is 13.0. The molecule has 27 heavy (non-hydrogen) atoms. The van der Waals surface area contributed by atoms with Gasteiger partial charge in [-0.05, 0) is 36.6 Å². The van der Waals surface area contributed by atoms with Gasteiger partial charge in [0, 0.05) is 51.5 Å². The van der Waals surface area contributed by atoms with Crippen molar-refractivity contribution in [3.63, 3.8) is 0 Å². The Morgan fingerprint density at radius 1 is 1.26 bits per heavy atom. The molecule has 3 heterocycles. The minimum atomic E-state index is 0.00193. The second kappa shape index (κ2) is 8.52. The van der Waals surface area contributed by atoms with Gasteiger partial charge in [-0.3, -0.25) is 14.5 Å². The van der Waals surface area contributed by atoms with Gasteiger partial charge in [0.05, 0.1) is 6.54 Å². The minimum Gasteiger partial charge on any atom is -0.361 e. The fraction of sp³-hybridized carbons (Fsp3) is 0.550. The zero-order chi connectivity index (χ0) is 19.4. The van der Waals surface area contributed by atoms with Gasteiger partial charge in [-0.15, -0.1) is 0 Å². The zero-order valence-corrected chi connectivity index (χ0v) is 16.3. The van der Waals surface area contributed by atoms with Crippen molar-refractivity contribution < 1.29 is 9.59 Å². The molecule has 1 aromatic heterocycles. The Labute approximate surface area is 161 Å². The van der Waals surface area contributed by atoms with Crippen LogP contribution in [-0.4, -0.2) is 83.4 Å². The van der Waals surface area contributed by atoms with E-state index in [2.05, 4.69) is 35.6 Å². The smallest absolute Gasteiger partial charge is 0.246 e. The number of piperazine rings is 1. The van der Waals surface area contributed by atoms with Crippen molar-refractivity contribution in [3.8, 4) is 0 Å². The fourth-order valence-corrected chi connectivity index (χ4v) is 3.65.